The quantitative estimate of drug-likeness (QED) is 0.467. The number of pyridine rings is 2. The SMILES string of the molecule is CC(C)Oc1ccc2ccc(-c3nnc4ccc([C@@H](N5CC[C@H](N)C5)C(F)(F)F)cn34)nc2c1. The van der Waals surface area contributed by atoms with E-state index in [1.54, 1.807) is 16.5 Å². The average Bonchev–Trinajstić information content (AvgIpc) is 3.38. The molecule has 0 bridgehead atoms. The fourth-order valence-corrected chi connectivity index (χ4v) is 4.47. The Kier molecular flexibility index (Phi) is 5.65. The van der Waals surface area contributed by atoms with Gasteiger partial charge in [0.2, 0.25) is 0 Å². The Bertz CT molecular complexity index is 1340. The van der Waals surface area contributed by atoms with Crippen LogP contribution in [0.5, 0.6) is 5.75 Å². The molecule has 5 rings (SSSR count). The van der Waals surface area contributed by atoms with Gasteiger partial charge in [0.05, 0.1) is 11.6 Å². The molecule has 0 saturated carbocycles. The zero-order valence-electron chi connectivity index (χ0n) is 18.8. The summed E-state index contributed by atoms with van der Waals surface area (Å²) < 4.78 is 49.6. The van der Waals surface area contributed by atoms with Crippen LogP contribution in [0.3, 0.4) is 0 Å². The molecule has 4 heterocycles. The van der Waals surface area contributed by atoms with Gasteiger partial charge in [-0.25, -0.2) is 4.98 Å². The van der Waals surface area contributed by atoms with Crippen molar-refractivity contribution in [1.29, 1.82) is 0 Å². The number of hydrogen-bond acceptors (Lipinski definition) is 6. The van der Waals surface area contributed by atoms with Crippen molar-refractivity contribution in [3.63, 3.8) is 0 Å². The highest BCUT2D eigenvalue weighted by molar-refractivity contribution is 5.82. The first-order valence-corrected chi connectivity index (χ1v) is 11.2. The Morgan fingerprint density at radius 2 is 1.88 bits per heavy atom. The van der Waals surface area contributed by atoms with Crippen molar-refractivity contribution in [2.45, 2.75) is 44.6 Å². The molecule has 1 aliphatic heterocycles. The van der Waals surface area contributed by atoms with E-state index in [0.29, 0.717) is 41.4 Å². The van der Waals surface area contributed by atoms with E-state index in [0.717, 1.165) is 5.39 Å². The van der Waals surface area contributed by atoms with Crippen molar-refractivity contribution in [2.24, 2.45) is 5.73 Å². The number of nitrogens with two attached hydrogens (primary N) is 1. The normalized spacial score (nSPS) is 18.3. The van der Waals surface area contributed by atoms with E-state index in [1.807, 2.05) is 38.1 Å². The van der Waals surface area contributed by atoms with Gasteiger partial charge in [-0.1, -0.05) is 12.1 Å². The van der Waals surface area contributed by atoms with Crippen LogP contribution in [0.4, 0.5) is 13.2 Å². The smallest absolute Gasteiger partial charge is 0.408 e. The summed E-state index contributed by atoms with van der Waals surface area (Å²) in [6, 6.07) is 10.3. The number of nitrogens with zero attached hydrogens (tertiary/aromatic N) is 5. The maximum absolute atomic E-state index is 14.1. The first kappa shape index (κ1) is 22.5. The van der Waals surface area contributed by atoms with Gasteiger partial charge in [-0.15, -0.1) is 10.2 Å². The number of benzene rings is 1. The number of aromatic nitrogens is 4. The maximum atomic E-state index is 14.1. The molecule has 1 fully saturated rings. The minimum Gasteiger partial charge on any atom is -0.491 e. The Balaban J connectivity index is 1.57. The lowest BCUT2D eigenvalue weighted by atomic mass is 10.1. The van der Waals surface area contributed by atoms with Crippen LogP contribution in [-0.2, 0) is 0 Å². The zero-order chi connectivity index (χ0) is 24.0. The van der Waals surface area contributed by atoms with E-state index in [-0.39, 0.29) is 24.3 Å². The number of likely N-dealkylation sites (tertiary alicyclic amines) is 1. The second-order valence-electron chi connectivity index (χ2n) is 8.92. The molecule has 1 aliphatic rings. The monoisotopic (exact) mass is 470 g/mol. The molecule has 2 N–H and O–H groups in total. The molecule has 0 aliphatic carbocycles. The molecule has 1 saturated heterocycles. The van der Waals surface area contributed by atoms with E-state index < -0.39 is 12.2 Å². The maximum Gasteiger partial charge on any atom is 0.408 e. The molecule has 178 valence electrons. The topological polar surface area (TPSA) is 81.6 Å². The Hall–Kier alpha value is -3.24. The van der Waals surface area contributed by atoms with Gasteiger partial charge in [0.25, 0.3) is 0 Å². The molecule has 4 aromatic rings. The molecule has 10 heteroatoms. The van der Waals surface area contributed by atoms with Gasteiger partial charge in [-0.2, -0.15) is 13.2 Å². The molecular weight excluding hydrogens is 445 g/mol. The van der Waals surface area contributed by atoms with Gasteiger partial charge in [0.1, 0.15) is 17.5 Å². The first-order chi connectivity index (χ1) is 16.2. The number of rotatable bonds is 5. The average molecular weight is 470 g/mol. The zero-order valence-corrected chi connectivity index (χ0v) is 18.8. The van der Waals surface area contributed by atoms with E-state index in [1.165, 1.54) is 17.2 Å². The largest absolute Gasteiger partial charge is 0.491 e. The molecule has 7 nitrogen and oxygen atoms in total. The van der Waals surface area contributed by atoms with E-state index >= 15 is 0 Å². The van der Waals surface area contributed by atoms with Crippen LogP contribution in [-0.4, -0.2) is 55.9 Å². The Morgan fingerprint density at radius 3 is 2.59 bits per heavy atom. The van der Waals surface area contributed by atoms with Crippen LogP contribution >= 0.6 is 0 Å². The van der Waals surface area contributed by atoms with Crippen molar-refractivity contribution in [1.82, 2.24) is 24.5 Å². The van der Waals surface area contributed by atoms with Crippen LogP contribution in [0, 0.1) is 0 Å². The number of alkyl halides is 3. The second kappa shape index (κ2) is 8.52. The molecule has 0 amide bonds. The molecule has 2 atom stereocenters. The van der Waals surface area contributed by atoms with E-state index in [2.05, 4.69) is 10.2 Å². The van der Waals surface area contributed by atoms with Crippen LogP contribution in [0.15, 0.2) is 48.7 Å². The molecule has 1 aromatic carbocycles. The number of ether oxygens (including phenoxy) is 1. The summed E-state index contributed by atoms with van der Waals surface area (Å²) in [5.74, 6) is 1.06. The summed E-state index contributed by atoms with van der Waals surface area (Å²) >= 11 is 0. The summed E-state index contributed by atoms with van der Waals surface area (Å²) in [4.78, 5) is 6.08. The predicted octanol–water partition coefficient (Wildman–Crippen LogP) is 4.37. The molecular formula is C24H25F3N6O. The highest BCUT2D eigenvalue weighted by Crippen LogP contribution is 2.39. The van der Waals surface area contributed by atoms with Crippen LogP contribution in [0.1, 0.15) is 31.9 Å². The third-order valence-corrected chi connectivity index (χ3v) is 5.94. The molecule has 0 unspecified atom stereocenters. The molecule has 0 radical (unpaired) electrons. The molecule has 3 aromatic heterocycles. The second-order valence-corrected chi connectivity index (χ2v) is 8.92. The third-order valence-electron chi connectivity index (χ3n) is 5.94. The van der Waals surface area contributed by atoms with Crippen LogP contribution in [0.25, 0.3) is 28.1 Å². The fraction of sp³-hybridized carbons (Fsp3) is 0.375. The van der Waals surface area contributed by atoms with Gasteiger partial charge >= 0.3 is 6.18 Å². The highest BCUT2D eigenvalue weighted by Gasteiger charge is 2.46. The summed E-state index contributed by atoms with van der Waals surface area (Å²) in [7, 11) is 0. The van der Waals surface area contributed by atoms with E-state index in [9.17, 15) is 13.2 Å². The van der Waals surface area contributed by atoms with Gasteiger partial charge in [0, 0.05) is 36.8 Å². The van der Waals surface area contributed by atoms with Crippen molar-refractivity contribution >= 4 is 16.6 Å². The number of fused-ring (bicyclic) bond motifs is 2. The predicted molar refractivity (Wildman–Crippen MR) is 122 cm³/mol. The lowest BCUT2D eigenvalue weighted by Gasteiger charge is -2.30. The minimum absolute atomic E-state index is 0.0197. The fourth-order valence-electron chi connectivity index (χ4n) is 4.47. The number of halogens is 3. The summed E-state index contributed by atoms with van der Waals surface area (Å²) in [5, 5.41) is 9.27. The van der Waals surface area contributed by atoms with Gasteiger partial charge < -0.3 is 10.5 Å². The highest BCUT2D eigenvalue weighted by atomic mass is 19.4. The van der Waals surface area contributed by atoms with Gasteiger partial charge in [-0.3, -0.25) is 9.30 Å². The van der Waals surface area contributed by atoms with E-state index in [4.69, 9.17) is 15.5 Å². The van der Waals surface area contributed by atoms with Crippen molar-refractivity contribution in [3.05, 3.63) is 54.2 Å². The van der Waals surface area contributed by atoms with Crippen molar-refractivity contribution in [2.75, 3.05) is 13.1 Å². The minimum atomic E-state index is -4.44. The van der Waals surface area contributed by atoms with Gasteiger partial charge in [0.15, 0.2) is 11.5 Å². The van der Waals surface area contributed by atoms with Gasteiger partial charge in [-0.05, 0) is 50.1 Å². The van der Waals surface area contributed by atoms with Crippen LogP contribution < -0.4 is 10.5 Å². The molecule has 0 spiro atoms. The Morgan fingerprint density at radius 1 is 1.09 bits per heavy atom. The molecule has 34 heavy (non-hydrogen) atoms. The first-order valence-electron chi connectivity index (χ1n) is 11.2. The summed E-state index contributed by atoms with van der Waals surface area (Å²) in [6.45, 7) is 4.38. The van der Waals surface area contributed by atoms with Crippen molar-refractivity contribution in [3.8, 4) is 17.3 Å². The number of hydrogen-bond donors (Lipinski definition) is 1. The standard InChI is InChI=1S/C24H25F3N6O/c1-14(2)34-18-6-3-15-4-7-19(29-20(15)11-18)23-31-30-21-8-5-16(12-33(21)23)22(24(25,26)27)32-10-9-17(28)13-32/h3-8,11-12,14,17,22H,9-10,13,28H2,1-2H3/t17-,22+/m0/s1. The van der Waals surface area contributed by atoms with Crippen LogP contribution in [0.2, 0.25) is 0 Å². The summed E-state index contributed by atoms with van der Waals surface area (Å²) in [5.41, 5.74) is 7.65. The van der Waals surface area contributed by atoms with Crippen molar-refractivity contribution < 1.29 is 17.9 Å². The third kappa shape index (κ3) is 4.30. The Labute approximate surface area is 194 Å². The lowest BCUT2D eigenvalue weighted by molar-refractivity contribution is -0.183. The lowest BCUT2D eigenvalue weighted by Crippen LogP contribution is -2.38. The summed E-state index contributed by atoms with van der Waals surface area (Å²) in [6.07, 6.45) is -2.43.